The van der Waals surface area contributed by atoms with Crippen LogP contribution < -0.4 is 0 Å². The Labute approximate surface area is 280 Å². The SMILES string of the molecule is C1=Cc2ccc(-c3ccc(-c4ccc5ccc6c(-c7ccc(-c8cccc9ccccc89)cc7)ccc7ccc4c5c76)cc3)cc2CC1. The average Bonchev–Trinajstić information content (AvgIpc) is 3.16. The molecule has 1 aliphatic rings. The van der Waals surface area contributed by atoms with Gasteiger partial charge in [0.05, 0.1) is 0 Å². The number of rotatable bonds is 4. The molecule has 9 aromatic rings. The fourth-order valence-corrected chi connectivity index (χ4v) is 8.07. The van der Waals surface area contributed by atoms with Gasteiger partial charge in [-0.1, -0.05) is 170 Å². The van der Waals surface area contributed by atoms with Crippen LogP contribution in [0.3, 0.4) is 0 Å². The molecule has 0 N–H and O–H groups in total. The van der Waals surface area contributed by atoms with E-state index in [0.29, 0.717) is 0 Å². The highest BCUT2D eigenvalue weighted by Gasteiger charge is 2.16. The summed E-state index contributed by atoms with van der Waals surface area (Å²) in [5, 5.41) is 10.4. The van der Waals surface area contributed by atoms with Crippen LogP contribution in [0.4, 0.5) is 0 Å². The summed E-state index contributed by atoms with van der Waals surface area (Å²) in [5.41, 5.74) is 12.9. The average molecular weight is 609 g/mol. The Bertz CT molecular complexity index is 2680. The zero-order valence-corrected chi connectivity index (χ0v) is 26.6. The van der Waals surface area contributed by atoms with Crippen LogP contribution in [-0.2, 0) is 6.42 Å². The van der Waals surface area contributed by atoms with Crippen LogP contribution in [0.2, 0.25) is 0 Å². The summed E-state index contributed by atoms with van der Waals surface area (Å²) >= 11 is 0. The largest absolute Gasteiger partial charge is 0.0836 e. The fraction of sp³-hybridized carbons (Fsp3) is 0.0417. The highest BCUT2D eigenvalue weighted by Crippen LogP contribution is 2.43. The van der Waals surface area contributed by atoms with Crippen molar-refractivity contribution in [3.8, 4) is 44.5 Å². The Kier molecular flexibility index (Phi) is 6.11. The molecular formula is C48H32. The van der Waals surface area contributed by atoms with E-state index in [0.717, 1.165) is 12.8 Å². The number of aryl methyl sites for hydroxylation is 1. The lowest BCUT2D eigenvalue weighted by Gasteiger charge is -2.17. The highest BCUT2D eigenvalue weighted by molar-refractivity contribution is 6.27. The van der Waals surface area contributed by atoms with Crippen LogP contribution >= 0.6 is 0 Å². The van der Waals surface area contributed by atoms with Gasteiger partial charge in [-0.15, -0.1) is 0 Å². The van der Waals surface area contributed by atoms with Gasteiger partial charge in [-0.3, -0.25) is 0 Å². The molecule has 224 valence electrons. The van der Waals surface area contributed by atoms with Gasteiger partial charge in [0.25, 0.3) is 0 Å². The number of allylic oxidation sites excluding steroid dienone is 1. The van der Waals surface area contributed by atoms with Crippen molar-refractivity contribution in [2.24, 2.45) is 0 Å². The van der Waals surface area contributed by atoms with E-state index < -0.39 is 0 Å². The normalized spacial score (nSPS) is 12.8. The van der Waals surface area contributed by atoms with E-state index in [1.165, 1.54) is 98.7 Å². The lowest BCUT2D eigenvalue weighted by molar-refractivity contribution is 0.986. The lowest BCUT2D eigenvalue weighted by Crippen LogP contribution is -1.94. The van der Waals surface area contributed by atoms with Crippen molar-refractivity contribution in [1.29, 1.82) is 0 Å². The van der Waals surface area contributed by atoms with Gasteiger partial charge in [0.1, 0.15) is 0 Å². The topological polar surface area (TPSA) is 0 Å². The Morgan fingerprint density at radius 1 is 0.354 bits per heavy atom. The first-order valence-electron chi connectivity index (χ1n) is 17.0. The molecule has 9 aromatic carbocycles. The van der Waals surface area contributed by atoms with Crippen LogP contribution in [0.25, 0.3) is 93.7 Å². The fourth-order valence-electron chi connectivity index (χ4n) is 8.07. The minimum Gasteiger partial charge on any atom is -0.0836 e. The summed E-state index contributed by atoms with van der Waals surface area (Å²) in [6, 6.07) is 58.8. The molecule has 0 radical (unpaired) electrons. The lowest BCUT2D eigenvalue weighted by atomic mass is 9.86. The quantitative estimate of drug-likeness (QED) is 0.174. The first-order valence-corrected chi connectivity index (χ1v) is 17.0. The van der Waals surface area contributed by atoms with Crippen LogP contribution in [0.1, 0.15) is 17.5 Å². The summed E-state index contributed by atoms with van der Waals surface area (Å²) in [5.74, 6) is 0. The van der Waals surface area contributed by atoms with Gasteiger partial charge in [0, 0.05) is 0 Å². The Balaban J connectivity index is 1.06. The van der Waals surface area contributed by atoms with E-state index >= 15 is 0 Å². The molecule has 0 saturated carbocycles. The molecule has 0 heteroatoms. The van der Waals surface area contributed by atoms with Crippen molar-refractivity contribution in [1.82, 2.24) is 0 Å². The van der Waals surface area contributed by atoms with Gasteiger partial charge >= 0.3 is 0 Å². The molecule has 0 heterocycles. The molecule has 0 aromatic heterocycles. The van der Waals surface area contributed by atoms with E-state index in [-0.39, 0.29) is 0 Å². The maximum atomic E-state index is 2.37. The van der Waals surface area contributed by atoms with Gasteiger partial charge in [0.15, 0.2) is 0 Å². The molecule has 0 atom stereocenters. The minimum absolute atomic E-state index is 1.12. The van der Waals surface area contributed by atoms with E-state index in [9.17, 15) is 0 Å². The van der Waals surface area contributed by atoms with Crippen LogP contribution in [0, 0.1) is 0 Å². The molecule has 0 bridgehead atoms. The van der Waals surface area contributed by atoms with Gasteiger partial charge in [-0.25, -0.2) is 0 Å². The molecule has 0 unspecified atom stereocenters. The minimum atomic E-state index is 1.12. The molecule has 0 nitrogen and oxygen atoms in total. The zero-order valence-electron chi connectivity index (χ0n) is 26.6. The van der Waals surface area contributed by atoms with E-state index in [1.807, 2.05) is 0 Å². The molecule has 0 aliphatic heterocycles. The predicted molar refractivity (Wildman–Crippen MR) is 207 cm³/mol. The first-order chi connectivity index (χ1) is 23.8. The van der Waals surface area contributed by atoms with Gasteiger partial charge in [0.2, 0.25) is 0 Å². The Morgan fingerprint density at radius 2 is 0.896 bits per heavy atom. The smallest absolute Gasteiger partial charge is 0.00203 e. The van der Waals surface area contributed by atoms with Crippen LogP contribution in [0.5, 0.6) is 0 Å². The monoisotopic (exact) mass is 608 g/mol. The zero-order chi connectivity index (χ0) is 31.6. The molecule has 10 rings (SSSR count). The third kappa shape index (κ3) is 4.30. The summed E-state index contributed by atoms with van der Waals surface area (Å²) in [7, 11) is 0. The molecule has 0 saturated heterocycles. The van der Waals surface area contributed by atoms with Gasteiger partial charge in [-0.2, -0.15) is 0 Å². The summed E-state index contributed by atoms with van der Waals surface area (Å²) in [6.07, 6.45) is 6.78. The Hall–Kier alpha value is -5.98. The van der Waals surface area contributed by atoms with E-state index in [1.54, 1.807) is 0 Å². The second-order valence-corrected chi connectivity index (χ2v) is 13.2. The van der Waals surface area contributed by atoms with Gasteiger partial charge in [-0.05, 0) is 112 Å². The van der Waals surface area contributed by atoms with Crippen molar-refractivity contribution >= 4 is 49.2 Å². The molecule has 0 fully saturated rings. The summed E-state index contributed by atoms with van der Waals surface area (Å²) in [4.78, 5) is 0. The van der Waals surface area contributed by atoms with Crippen molar-refractivity contribution in [2.75, 3.05) is 0 Å². The second-order valence-electron chi connectivity index (χ2n) is 13.2. The molecular weight excluding hydrogens is 577 g/mol. The third-order valence-corrected chi connectivity index (χ3v) is 10.5. The van der Waals surface area contributed by atoms with E-state index in [4.69, 9.17) is 0 Å². The van der Waals surface area contributed by atoms with Gasteiger partial charge < -0.3 is 0 Å². The summed E-state index contributed by atoms with van der Waals surface area (Å²) in [6.45, 7) is 0. The molecule has 48 heavy (non-hydrogen) atoms. The molecule has 0 amide bonds. The standard InChI is InChI=1S/C48H32/c1-2-8-39-30-40(21-14-31(39)6-1)32-12-15-35(16-13-32)43-26-22-37-25-29-46-44(27-23-38-24-28-45(43)47(37)48(38)46)36-19-17-34(18-20-36)42-11-5-9-33-7-3-4-10-41(33)42/h1,3-7,9-30H,2,8H2. The Morgan fingerprint density at radius 3 is 1.56 bits per heavy atom. The van der Waals surface area contributed by atoms with Crippen LogP contribution in [-0.4, -0.2) is 0 Å². The van der Waals surface area contributed by atoms with E-state index in [2.05, 4.69) is 170 Å². The third-order valence-electron chi connectivity index (χ3n) is 10.5. The highest BCUT2D eigenvalue weighted by atomic mass is 14.2. The first kappa shape index (κ1) is 27.2. The number of hydrogen-bond acceptors (Lipinski definition) is 0. The molecule has 0 spiro atoms. The van der Waals surface area contributed by atoms with Crippen molar-refractivity contribution in [2.45, 2.75) is 12.8 Å². The second kappa shape index (κ2) is 10.8. The number of fused-ring (bicyclic) bond motifs is 2. The maximum absolute atomic E-state index is 2.37. The van der Waals surface area contributed by atoms with Crippen molar-refractivity contribution in [3.63, 3.8) is 0 Å². The van der Waals surface area contributed by atoms with Crippen molar-refractivity contribution in [3.05, 3.63) is 175 Å². The van der Waals surface area contributed by atoms with Crippen LogP contribution in [0.15, 0.2) is 164 Å². The number of benzene rings is 9. The molecule has 1 aliphatic carbocycles. The summed E-state index contributed by atoms with van der Waals surface area (Å²) < 4.78 is 0. The van der Waals surface area contributed by atoms with Crippen molar-refractivity contribution < 1.29 is 0 Å². The predicted octanol–water partition coefficient (Wildman–Crippen LogP) is 13.4. The maximum Gasteiger partial charge on any atom is -0.00203 e. The number of hydrogen-bond donors (Lipinski definition) is 0.